The van der Waals surface area contributed by atoms with Crippen molar-refractivity contribution < 1.29 is 18.1 Å². The third kappa shape index (κ3) is 5.70. The molecule has 0 amide bonds. The molecule has 0 fully saturated rings. The lowest BCUT2D eigenvalue weighted by Crippen LogP contribution is -2.20. The number of non-ortho nitro benzene ring substituents is 1. The van der Waals surface area contributed by atoms with Gasteiger partial charge in [-0.25, -0.2) is 4.99 Å². The van der Waals surface area contributed by atoms with Crippen LogP contribution in [0.5, 0.6) is 0 Å². The highest BCUT2D eigenvalue weighted by atomic mass is 19.4. The van der Waals surface area contributed by atoms with Gasteiger partial charge in [-0.3, -0.25) is 10.1 Å². The SMILES string of the molecule is Cc1ccc(N=C(/C=C/C=C/c2ccc([N+](=O)[O-])cc2)C(F)(F)F)cc1. The van der Waals surface area contributed by atoms with Crippen molar-refractivity contribution in [2.24, 2.45) is 4.99 Å². The normalized spacial score (nSPS) is 12.8. The van der Waals surface area contributed by atoms with Gasteiger partial charge in [-0.05, 0) is 42.8 Å². The number of alkyl halides is 3. The second-order valence-electron chi connectivity index (χ2n) is 5.40. The minimum absolute atomic E-state index is 0.0534. The molecule has 0 aromatic heterocycles. The maximum atomic E-state index is 13.1. The van der Waals surface area contributed by atoms with Crippen molar-refractivity contribution >= 4 is 23.2 Å². The van der Waals surface area contributed by atoms with E-state index in [1.807, 2.05) is 6.92 Å². The fourth-order valence-electron chi connectivity index (χ4n) is 1.97. The summed E-state index contributed by atoms with van der Waals surface area (Å²) in [7, 11) is 0. The molecule has 0 saturated heterocycles. The number of nitrogens with zero attached hydrogens (tertiary/aromatic N) is 2. The van der Waals surface area contributed by atoms with Gasteiger partial charge in [0.1, 0.15) is 5.71 Å². The number of aryl methyl sites for hydroxylation is 1. The molecule has 26 heavy (non-hydrogen) atoms. The highest BCUT2D eigenvalue weighted by molar-refractivity contribution is 6.01. The summed E-state index contributed by atoms with van der Waals surface area (Å²) in [6.07, 6.45) is 0.476. The summed E-state index contributed by atoms with van der Waals surface area (Å²) < 4.78 is 39.3. The van der Waals surface area contributed by atoms with Crippen molar-refractivity contribution in [2.45, 2.75) is 13.1 Å². The first-order valence-electron chi connectivity index (χ1n) is 7.57. The zero-order chi connectivity index (χ0) is 19.2. The molecular formula is C19H15F3N2O2. The van der Waals surface area contributed by atoms with E-state index >= 15 is 0 Å². The molecule has 0 bridgehead atoms. The zero-order valence-electron chi connectivity index (χ0n) is 13.8. The smallest absolute Gasteiger partial charge is 0.258 e. The van der Waals surface area contributed by atoms with Crippen molar-refractivity contribution in [3.05, 3.63) is 88.0 Å². The Morgan fingerprint density at radius 3 is 2.19 bits per heavy atom. The molecule has 134 valence electrons. The maximum Gasteiger partial charge on any atom is 0.433 e. The molecular weight excluding hydrogens is 345 g/mol. The van der Waals surface area contributed by atoms with E-state index in [0.29, 0.717) is 5.56 Å². The summed E-state index contributed by atoms with van der Waals surface area (Å²) in [4.78, 5) is 13.7. The topological polar surface area (TPSA) is 55.5 Å². The Balaban J connectivity index is 2.15. The summed E-state index contributed by atoms with van der Waals surface area (Å²) in [6, 6.07) is 12.1. The van der Waals surface area contributed by atoms with Crippen LogP contribution in [0.3, 0.4) is 0 Å². The summed E-state index contributed by atoms with van der Waals surface area (Å²) in [5, 5.41) is 10.6. The van der Waals surface area contributed by atoms with E-state index in [0.717, 1.165) is 11.6 Å². The Bertz CT molecular complexity index is 850. The summed E-state index contributed by atoms with van der Waals surface area (Å²) >= 11 is 0. The Kier molecular flexibility index (Phi) is 6.06. The van der Waals surface area contributed by atoms with Gasteiger partial charge >= 0.3 is 6.18 Å². The van der Waals surface area contributed by atoms with Crippen LogP contribution in [0.2, 0.25) is 0 Å². The molecule has 0 N–H and O–H groups in total. The zero-order valence-corrected chi connectivity index (χ0v) is 13.8. The Morgan fingerprint density at radius 2 is 1.65 bits per heavy atom. The average Bonchev–Trinajstić information content (AvgIpc) is 2.58. The predicted octanol–water partition coefficient (Wildman–Crippen LogP) is 5.81. The maximum absolute atomic E-state index is 13.1. The van der Waals surface area contributed by atoms with Crippen molar-refractivity contribution in [1.82, 2.24) is 0 Å². The quantitative estimate of drug-likeness (QED) is 0.292. The van der Waals surface area contributed by atoms with Crippen LogP contribution in [0.25, 0.3) is 6.08 Å². The van der Waals surface area contributed by atoms with Crippen molar-refractivity contribution in [3.63, 3.8) is 0 Å². The molecule has 4 nitrogen and oxygen atoms in total. The van der Waals surface area contributed by atoms with E-state index in [-0.39, 0.29) is 11.4 Å². The number of nitro benzene ring substituents is 1. The number of rotatable bonds is 5. The van der Waals surface area contributed by atoms with E-state index in [2.05, 4.69) is 4.99 Å². The number of benzene rings is 2. The molecule has 0 atom stereocenters. The van der Waals surface area contributed by atoms with Gasteiger partial charge in [0.2, 0.25) is 0 Å². The lowest BCUT2D eigenvalue weighted by atomic mass is 10.2. The number of hydrogen-bond donors (Lipinski definition) is 0. The van der Waals surface area contributed by atoms with Crippen LogP contribution >= 0.6 is 0 Å². The minimum atomic E-state index is -4.58. The fourth-order valence-corrected chi connectivity index (χ4v) is 1.97. The highest BCUT2D eigenvalue weighted by Gasteiger charge is 2.33. The van der Waals surface area contributed by atoms with Crippen molar-refractivity contribution in [3.8, 4) is 0 Å². The average molecular weight is 360 g/mol. The minimum Gasteiger partial charge on any atom is -0.258 e. The molecule has 0 radical (unpaired) electrons. The van der Waals surface area contributed by atoms with E-state index in [1.165, 1.54) is 48.6 Å². The number of halogens is 3. The van der Waals surface area contributed by atoms with Gasteiger partial charge in [-0.1, -0.05) is 35.9 Å². The van der Waals surface area contributed by atoms with Crippen LogP contribution in [0.4, 0.5) is 24.5 Å². The van der Waals surface area contributed by atoms with Crippen LogP contribution in [0, 0.1) is 17.0 Å². The van der Waals surface area contributed by atoms with Crippen LogP contribution in [-0.4, -0.2) is 16.8 Å². The predicted molar refractivity (Wildman–Crippen MR) is 95.6 cm³/mol. The van der Waals surface area contributed by atoms with Gasteiger partial charge in [0.25, 0.3) is 5.69 Å². The third-order valence-corrected chi connectivity index (χ3v) is 3.33. The lowest BCUT2D eigenvalue weighted by Gasteiger charge is -2.06. The summed E-state index contributed by atoms with van der Waals surface area (Å²) in [6.45, 7) is 1.83. The molecule has 0 heterocycles. The van der Waals surface area contributed by atoms with Crippen molar-refractivity contribution in [1.29, 1.82) is 0 Å². The summed E-state index contributed by atoms with van der Waals surface area (Å²) in [5.41, 5.74) is 0.701. The Labute approximate surface area is 148 Å². The van der Waals surface area contributed by atoms with Gasteiger partial charge in [-0.2, -0.15) is 13.2 Å². The van der Waals surface area contributed by atoms with E-state index in [4.69, 9.17) is 0 Å². The summed E-state index contributed by atoms with van der Waals surface area (Å²) in [5.74, 6) is 0. The molecule has 7 heteroatoms. The Hall–Kier alpha value is -3.22. The number of nitro groups is 1. The van der Waals surface area contributed by atoms with Gasteiger partial charge < -0.3 is 0 Å². The second-order valence-corrected chi connectivity index (χ2v) is 5.40. The van der Waals surface area contributed by atoms with Crippen LogP contribution in [0.1, 0.15) is 11.1 Å². The second kappa shape index (κ2) is 8.24. The number of hydrogen-bond acceptors (Lipinski definition) is 3. The largest absolute Gasteiger partial charge is 0.433 e. The van der Waals surface area contributed by atoms with Crippen molar-refractivity contribution in [2.75, 3.05) is 0 Å². The van der Waals surface area contributed by atoms with Gasteiger partial charge in [0.05, 0.1) is 10.6 Å². The van der Waals surface area contributed by atoms with E-state index < -0.39 is 16.8 Å². The fraction of sp³-hybridized carbons (Fsp3) is 0.105. The molecule has 0 unspecified atom stereocenters. The first kappa shape index (κ1) is 19.1. The highest BCUT2D eigenvalue weighted by Crippen LogP contribution is 2.23. The first-order valence-corrected chi connectivity index (χ1v) is 7.57. The van der Waals surface area contributed by atoms with Gasteiger partial charge in [0, 0.05) is 12.1 Å². The lowest BCUT2D eigenvalue weighted by molar-refractivity contribution is -0.384. The van der Waals surface area contributed by atoms with Crippen LogP contribution < -0.4 is 0 Å². The molecule has 2 rings (SSSR count). The number of allylic oxidation sites excluding steroid dienone is 3. The monoisotopic (exact) mass is 360 g/mol. The molecule has 2 aromatic rings. The first-order chi connectivity index (χ1) is 12.3. The molecule has 0 aliphatic rings. The standard InChI is InChI=1S/C19H15F3N2O2/c1-14-6-10-16(11-7-14)23-18(19(20,21)22)5-3-2-4-15-8-12-17(13-9-15)24(25)26/h2-13H,1H3/b4-2+,5-3+,23-18?. The molecule has 0 spiro atoms. The molecule has 0 saturated carbocycles. The Morgan fingerprint density at radius 1 is 1.04 bits per heavy atom. The molecule has 0 aliphatic carbocycles. The molecule has 0 aliphatic heterocycles. The van der Waals surface area contributed by atoms with Crippen LogP contribution in [-0.2, 0) is 0 Å². The molecule has 2 aromatic carbocycles. The van der Waals surface area contributed by atoms with Crippen LogP contribution in [0.15, 0.2) is 71.8 Å². The van der Waals surface area contributed by atoms with E-state index in [1.54, 1.807) is 18.2 Å². The van der Waals surface area contributed by atoms with Gasteiger partial charge in [0.15, 0.2) is 0 Å². The number of aliphatic imine (C=N–C) groups is 1. The third-order valence-electron chi connectivity index (χ3n) is 3.33. The van der Waals surface area contributed by atoms with E-state index in [9.17, 15) is 23.3 Å². The van der Waals surface area contributed by atoms with Gasteiger partial charge in [-0.15, -0.1) is 0 Å².